The lowest BCUT2D eigenvalue weighted by Crippen LogP contribution is -1.85. The highest BCUT2D eigenvalue weighted by molar-refractivity contribution is 5.32. The lowest BCUT2D eigenvalue weighted by molar-refractivity contribution is 0.966. The van der Waals surface area contributed by atoms with Crippen LogP contribution in [0.4, 0.5) is 0 Å². The molecule has 1 aromatic rings. The van der Waals surface area contributed by atoms with Crippen LogP contribution in [0.3, 0.4) is 0 Å². The van der Waals surface area contributed by atoms with Gasteiger partial charge in [-0.2, -0.15) is 0 Å². The van der Waals surface area contributed by atoms with Crippen LogP contribution in [-0.2, 0) is 6.42 Å². The fourth-order valence-corrected chi connectivity index (χ4v) is 1.83. The van der Waals surface area contributed by atoms with Crippen LogP contribution in [0.25, 0.3) is 0 Å². The van der Waals surface area contributed by atoms with Crippen molar-refractivity contribution < 1.29 is 0 Å². The van der Waals surface area contributed by atoms with Gasteiger partial charge in [0.25, 0.3) is 0 Å². The summed E-state index contributed by atoms with van der Waals surface area (Å²) >= 11 is 0. The van der Waals surface area contributed by atoms with Crippen molar-refractivity contribution in [3.05, 3.63) is 59.2 Å². The molecule has 1 aromatic carbocycles. The van der Waals surface area contributed by atoms with Gasteiger partial charge in [-0.15, -0.1) is 0 Å². The number of benzene rings is 1. The van der Waals surface area contributed by atoms with E-state index in [4.69, 9.17) is 0 Å². The molecule has 1 aliphatic carbocycles. The highest BCUT2D eigenvalue weighted by atomic mass is 14.1. The summed E-state index contributed by atoms with van der Waals surface area (Å²) in [6.07, 6.45) is 8.17. The minimum absolute atomic E-state index is 1.16. The molecule has 0 radical (unpaired) electrons. The quantitative estimate of drug-likeness (QED) is 0.668. The van der Waals surface area contributed by atoms with Crippen LogP contribution < -0.4 is 0 Å². The van der Waals surface area contributed by atoms with Crippen LogP contribution in [0.15, 0.2) is 53.6 Å². The topological polar surface area (TPSA) is 0 Å². The Morgan fingerprint density at radius 1 is 1.07 bits per heavy atom. The maximum Gasteiger partial charge on any atom is -0.0133 e. The first-order valence-electron chi connectivity index (χ1n) is 5.25. The largest absolute Gasteiger partial charge is 0.0772 e. The second kappa shape index (κ2) is 4.28. The van der Waals surface area contributed by atoms with Crippen molar-refractivity contribution in [2.45, 2.75) is 26.2 Å². The van der Waals surface area contributed by atoms with Crippen LogP contribution in [0.1, 0.15) is 25.3 Å². The summed E-state index contributed by atoms with van der Waals surface area (Å²) in [5.41, 5.74) is 4.44. The predicted molar refractivity (Wildman–Crippen MR) is 61.2 cm³/mol. The molecule has 0 nitrogen and oxygen atoms in total. The van der Waals surface area contributed by atoms with Gasteiger partial charge in [-0.1, -0.05) is 53.6 Å². The van der Waals surface area contributed by atoms with E-state index in [0.29, 0.717) is 0 Å². The third-order valence-electron chi connectivity index (χ3n) is 2.66. The van der Waals surface area contributed by atoms with Gasteiger partial charge in [0, 0.05) is 0 Å². The Labute approximate surface area is 86.0 Å². The minimum atomic E-state index is 1.16. The Hall–Kier alpha value is -1.30. The van der Waals surface area contributed by atoms with E-state index in [2.05, 4.69) is 49.4 Å². The van der Waals surface area contributed by atoms with Crippen LogP contribution in [0.5, 0.6) is 0 Å². The minimum Gasteiger partial charge on any atom is -0.0772 e. The third-order valence-corrected chi connectivity index (χ3v) is 2.66. The van der Waals surface area contributed by atoms with Gasteiger partial charge in [0.15, 0.2) is 0 Å². The monoisotopic (exact) mass is 184 g/mol. The summed E-state index contributed by atoms with van der Waals surface area (Å²) in [4.78, 5) is 0. The fraction of sp³-hybridized carbons (Fsp3) is 0.286. The average molecular weight is 184 g/mol. The van der Waals surface area contributed by atoms with Crippen molar-refractivity contribution in [2.75, 3.05) is 0 Å². The fourth-order valence-electron chi connectivity index (χ4n) is 1.83. The maximum atomic E-state index is 2.35. The summed E-state index contributed by atoms with van der Waals surface area (Å²) in [6.45, 7) is 2.20. The first-order chi connectivity index (χ1) is 6.84. The smallest absolute Gasteiger partial charge is 0.0133 e. The summed E-state index contributed by atoms with van der Waals surface area (Å²) in [7, 11) is 0. The van der Waals surface area contributed by atoms with E-state index in [1.54, 1.807) is 0 Å². The first-order valence-corrected chi connectivity index (χ1v) is 5.25. The van der Waals surface area contributed by atoms with Crippen molar-refractivity contribution in [1.82, 2.24) is 0 Å². The van der Waals surface area contributed by atoms with Crippen molar-refractivity contribution in [3.63, 3.8) is 0 Å². The highest BCUT2D eigenvalue weighted by Crippen LogP contribution is 2.20. The molecule has 0 aliphatic heterocycles. The number of allylic oxidation sites excluding steroid dienone is 4. The van der Waals surface area contributed by atoms with Crippen LogP contribution in [-0.4, -0.2) is 0 Å². The predicted octanol–water partition coefficient (Wildman–Crippen LogP) is 3.90. The molecule has 0 spiro atoms. The Morgan fingerprint density at radius 2 is 1.86 bits per heavy atom. The zero-order chi connectivity index (χ0) is 9.80. The van der Waals surface area contributed by atoms with E-state index >= 15 is 0 Å². The van der Waals surface area contributed by atoms with Gasteiger partial charge in [0.2, 0.25) is 0 Å². The lowest BCUT2D eigenvalue weighted by atomic mass is 10.1. The molecule has 0 heterocycles. The number of hydrogen-bond acceptors (Lipinski definition) is 0. The van der Waals surface area contributed by atoms with Crippen LogP contribution in [0.2, 0.25) is 0 Å². The molecule has 0 amide bonds. The van der Waals surface area contributed by atoms with Crippen molar-refractivity contribution >= 4 is 0 Å². The highest BCUT2D eigenvalue weighted by Gasteiger charge is 2.02. The zero-order valence-electron chi connectivity index (χ0n) is 8.66. The van der Waals surface area contributed by atoms with Crippen molar-refractivity contribution in [1.29, 1.82) is 0 Å². The molecule has 1 aliphatic rings. The molecule has 0 N–H and O–H groups in total. The maximum absolute atomic E-state index is 2.35. The molecule has 14 heavy (non-hydrogen) atoms. The molecule has 0 bridgehead atoms. The molecule has 72 valence electrons. The average Bonchev–Trinajstić information content (AvgIpc) is 2.63. The van der Waals surface area contributed by atoms with Gasteiger partial charge in [-0.25, -0.2) is 0 Å². The second-order valence-electron chi connectivity index (χ2n) is 3.96. The molecule has 2 rings (SSSR count). The molecule has 0 saturated carbocycles. The van der Waals surface area contributed by atoms with E-state index in [0.717, 1.165) is 12.8 Å². The number of hydrogen-bond donors (Lipinski definition) is 0. The molecule has 0 aromatic heterocycles. The standard InChI is InChI=1S/C14H16/c1-12-7-8-14(11-12)10-9-13-5-3-2-4-6-13/h2-6,8,11H,7,9-10H2,1H3. The van der Waals surface area contributed by atoms with Gasteiger partial charge in [-0.05, 0) is 31.7 Å². The van der Waals surface area contributed by atoms with Crippen molar-refractivity contribution in [2.24, 2.45) is 0 Å². The molecule has 0 atom stereocenters. The third kappa shape index (κ3) is 2.35. The SMILES string of the molecule is CC1=CC(CCc2ccccc2)=CC1. The molecule has 0 fully saturated rings. The molecule has 0 heteroatoms. The van der Waals surface area contributed by atoms with Crippen LogP contribution in [0, 0.1) is 0 Å². The van der Waals surface area contributed by atoms with Crippen LogP contribution >= 0.6 is 0 Å². The normalized spacial score (nSPS) is 15.2. The summed E-state index contributed by atoms with van der Waals surface area (Å²) in [6, 6.07) is 10.7. The van der Waals surface area contributed by atoms with E-state index in [1.807, 2.05) is 0 Å². The first kappa shape index (κ1) is 9.26. The van der Waals surface area contributed by atoms with E-state index in [-0.39, 0.29) is 0 Å². The van der Waals surface area contributed by atoms with Gasteiger partial charge in [0.05, 0.1) is 0 Å². The van der Waals surface area contributed by atoms with Gasteiger partial charge < -0.3 is 0 Å². The Balaban J connectivity index is 1.90. The Morgan fingerprint density at radius 3 is 2.50 bits per heavy atom. The molecule has 0 saturated heterocycles. The number of rotatable bonds is 3. The van der Waals surface area contributed by atoms with Gasteiger partial charge in [0.1, 0.15) is 0 Å². The molecular formula is C14H16. The Kier molecular flexibility index (Phi) is 2.83. The van der Waals surface area contributed by atoms with E-state index in [1.165, 1.54) is 23.1 Å². The van der Waals surface area contributed by atoms with Gasteiger partial charge >= 0.3 is 0 Å². The molecule has 0 unspecified atom stereocenters. The number of aryl methyl sites for hydroxylation is 1. The zero-order valence-corrected chi connectivity index (χ0v) is 8.66. The summed E-state index contributed by atoms with van der Waals surface area (Å²) < 4.78 is 0. The van der Waals surface area contributed by atoms with Crippen molar-refractivity contribution in [3.8, 4) is 0 Å². The second-order valence-corrected chi connectivity index (χ2v) is 3.96. The summed E-state index contributed by atoms with van der Waals surface area (Å²) in [5.74, 6) is 0. The van der Waals surface area contributed by atoms with Gasteiger partial charge in [-0.3, -0.25) is 0 Å². The Bertz CT molecular complexity index is 355. The lowest BCUT2D eigenvalue weighted by Gasteiger charge is -2.00. The summed E-state index contributed by atoms with van der Waals surface area (Å²) in [5, 5.41) is 0. The van der Waals surface area contributed by atoms with E-state index in [9.17, 15) is 0 Å². The van der Waals surface area contributed by atoms with E-state index < -0.39 is 0 Å². The molecular weight excluding hydrogens is 168 g/mol.